The van der Waals surface area contributed by atoms with E-state index in [1.165, 1.54) is 34.5 Å². The molecule has 0 radical (unpaired) electrons. The summed E-state index contributed by atoms with van der Waals surface area (Å²) in [6.45, 7) is 5.03. The lowest BCUT2D eigenvalue weighted by Crippen LogP contribution is -2.42. The summed E-state index contributed by atoms with van der Waals surface area (Å²) in [6.07, 6.45) is 0. The molecule has 3 heterocycles. The zero-order chi connectivity index (χ0) is 13.9. The van der Waals surface area contributed by atoms with Crippen LogP contribution in [-0.2, 0) is 0 Å². The van der Waals surface area contributed by atoms with E-state index >= 15 is 0 Å². The fourth-order valence-corrected chi connectivity index (χ4v) is 12.8. The van der Waals surface area contributed by atoms with Crippen LogP contribution in [0.2, 0.25) is 0 Å². The number of rotatable bonds is 0. The van der Waals surface area contributed by atoms with Crippen molar-refractivity contribution in [2.75, 3.05) is 34.5 Å². The molecule has 3 fully saturated rings. The summed E-state index contributed by atoms with van der Waals surface area (Å²) in [6, 6.07) is 0. The zero-order valence-corrected chi connectivity index (χ0v) is 17.1. The maximum atomic E-state index is 2.52. The fourth-order valence-electron chi connectivity index (χ4n) is 3.61. The highest BCUT2D eigenvalue weighted by Gasteiger charge is 2.42. The van der Waals surface area contributed by atoms with Crippen LogP contribution in [0.4, 0.5) is 0 Å². The molecule has 0 aromatic heterocycles. The largest absolute Gasteiger partial charge is 0.0939 e. The Kier molecular flexibility index (Phi) is 7.01. The Labute approximate surface area is 147 Å². The minimum Gasteiger partial charge on any atom is -0.0939 e. The summed E-state index contributed by atoms with van der Waals surface area (Å²) in [5.74, 6) is 14.0. The highest BCUT2D eigenvalue weighted by Crippen LogP contribution is 2.52. The van der Waals surface area contributed by atoms with Crippen LogP contribution in [0.1, 0.15) is 13.8 Å². The van der Waals surface area contributed by atoms with Gasteiger partial charge in [-0.05, 0) is 35.5 Å². The van der Waals surface area contributed by atoms with Crippen LogP contribution >= 0.6 is 64.8 Å². The maximum absolute atomic E-state index is 2.52. The molecule has 0 nitrogen and oxygen atoms in total. The van der Waals surface area contributed by atoms with Crippen molar-refractivity contribution >= 4 is 64.8 Å². The molecule has 0 aromatic carbocycles. The quantitative estimate of drug-likeness (QED) is 0.473. The summed E-state index contributed by atoms with van der Waals surface area (Å²) < 4.78 is 0. The lowest BCUT2D eigenvalue weighted by atomic mass is 9.71. The molecule has 0 aromatic rings. The molecule has 0 N–H and O–H groups in total. The minimum absolute atomic E-state index is 0.896. The zero-order valence-electron chi connectivity index (χ0n) is 12.2. The Balaban J connectivity index is 1.89. The van der Waals surface area contributed by atoms with E-state index in [9.17, 15) is 0 Å². The molecule has 3 aliphatic heterocycles. The van der Waals surface area contributed by atoms with Gasteiger partial charge in [0.1, 0.15) is 0 Å². The Morgan fingerprint density at radius 1 is 0.450 bits per heavy atom. The third kappa shape index (κ3) is 3.95. The van der Waals surface area contributed by atoms with Gasteiger partial charge in [0, 0.05) is 34.5 Å². The molecule has 3 saturated heterocycles. The highest BCUT2D eigenvalue weighted by molar-refractivity contribution is 8.77. The molecule has 0 spiro atoms. The Hall–Kier alpha value is 2.10. The average molecular weight is 385 g/mol. The van der Waals surface area contributed by atoms with Crippen LogP contribution in [-0.4, -0.2) is 34.5 Å². The molecular formula is C14H24S6. The van der Waals surface area contributed by atoms with Crippen LogP contribution in [0.5, 0.6) is 0 Å². The predicted molar refractivity (Wildman–Crippen MR) is 107 cm³/mol. The van der Waals surface area contributed by atoms with Gasteiger partial charge in [-0.15, -0.1) is 0 Å². The summed E-state index contributed by atoms with van der Waals surface area (Å²) in [5.41, 5.74) is 0. The van der Waals surface area contributed by atoms with Gasteiger partial charge in [0.05, 0.1) is 0 Å². The van der Waals surface area contributed by atoms with E-state index < -0.39 is 0 Å². The van der Waals surface area contributed by atoms with Crippen molar-refractivity contribution in [1.29, 1.82) is 0 Å². The third-order valence-corrected chi connectivity index (χ3v) is 12.9. The Morgan fingerprint density at radius 3 is 1.15 bits per heavy atom. The van der Waals surface area contributed by atoms with Gasteiger partial charge < -0.3 is 0 Å². The monoisotopic (exact) mass is 384 g/mol. The molecule has 6 unspecified atom stereocenters. The summed E-state index contributed by atoms with van der Waals surface area (Å²) >= 11 is 0. The maximum Gasteiger partial charge on any atom is 0.00714 e. The predicted octanol–water partition coefficient (Wildman–Crippen LogP) is 5.91. The molecule has 6 heteroatoms. The first-order valence-corrected chi connectivity index (χ1v) is 15.0. The van der Waals surface area contributed by atoms with Gasteiger partial charge in [0.15, 0.2) is 0 Å². The highest BCUT2D eigenvalue weighted by atomic mass is 33.1. The van der Waals surface area contributed by atoms with E-state index in [-0.39, 0.29) is 0 Å². The molecule has 20 heavy (non-hydrogen) atoms. The molecule has 0 saturated carbocycles. The van der Waals surface area contributed by atoms with E-state index in [2.05, 4.69) is 78.6 Å². The van der Waals surface area contributed by atoms with Gasteiger partial charge in [0.2, 0.25) is 0 Å². The summed E-state index contributed by atoms with van der Waals surface area (Å²) in [4.78, 5) is 0. The Bertz CT molecular complexity index is 282. The van der Waals surface area contributed by atoms with Crippen LogP contribution in [0.25, 0.3) is 0 Å². The van der Waals surface area contributed by atoms with Gasteiger partial charge in [-0.2, -0.15) is 0 Å². The topological polar surface area (TPSA) is 0 Å². The third-order valence-electron chi connectivity index (χ3n) is 5.07. The lowest BCUT2D eigenvalue weighted by molar-refractivity contribution is 0.164. The first-order valence-electron chi connectivity index (χ1n) is 7.50. The van der Waals surface area contributed by atoms with Gasteiger partial charge >= 0.3 is 0 Å². The van der Waals surface area contributed by atoms with Gasteiger partial charge in [0.25, 0.3) is 0 Å². The van der Waals surface area contributed by atoms with Crippen LogP contribution in [0, 0.1) is 35.5 Å². The lowest BCUT2D eigenvalue weighted by Gasteiger charge is -2.46. The van der Waals surface area contributed by atoms with Crippen molar-refractivity contribution in [3.63, 3.8) is 0 Å². The molecule has 0 amide bonds. The first kappa shape index (κ1) is 16.9. The van der Waals surface area contributed by atoms with E-state index in [0.29, 0.717) is 0 Å². The van der Waals surface area contributed by atoms with Crippen molar-refractivity contribution in [1.82, 2.24) is 0 Å². The minimum atomic E-state index is 0.896. The van der Waals surface area contributed by atoms with Gasteiger partial charge in [-0.1, -0.05) is 78.6 Å². The normalized spacial score (nSPS) is 47.1. The second-order valence-electron chi connectivity index (χ2n) is 6.32. The van der Waals surface area contributed by atoms with Gasteiger partial charge in [-0.3, -0.25) is 0 Å². The average Bonchev–Trinajstić information content (AvgIpc) is 2.39. The second-order valence-corrected chi connectivity index (χ2v) is 14.0. The Morgan fingerprint density at radius 2 is 0.750 bits per heavy atom. The van der Waals surface area contributed by atoms with Crippen LogP contribution in [0.3, 0.4) is 0 Å². The van der Waals surface area contributed by atoms with Crippen molar-refractivity contribution in [2.45, 2.75) is 13.8 Å². The molecular weight excluding hydrogens is 361 g/mol. The smallest absolute Gasteiger partial charge is 0.00714 e. The summed E-state index contributed by atoms with van der Waals surface area (Å²) in [5, 5.41) is 0. The number of hydrogen-bond donors (Lipinski definition) is 0. The SMILES string of the molecule is CC1CSSCC2C3CSSCC1C2CSSCC3C. The first-order chi connectivity index (χ1) is 9.77. The van der Waals surface area contributed by atoms with Crippen molar-refractivity contribution in [3.05, 3.63) is 0 Å². The second kappa shape index (κ2) is 8.27. The van der Waals surface area contributed by atoms with E-state index in [1.807, 2.05) is 0 Å². The van der Waals surface area contributed by atoms with E-state index in [0.717, 1.165) is 35.5 Å². The van der Waals surface area contributed by atoms with E-state index in [1.54, 1.807) is 0 Å². The molecule has 6 atom stereocenters. The standard InChI is InChI=1S/C14H24S6/c1-9-3-15-19-8-14-12-6-18-17-5-11(9)13(14)7-20-16-4-10(12)2/h9-14H,3-8H2,1-2H3. The van der Waals surface area contributed by atoms with E-state index in [4.69, 9.17) is 0 Å². The van der Waals surface area contributed by atoms with Gasteiger partial charge in [-0.25, -0.2) is 0 Å². The molecule has 116 valence electrons. The van der Waals surface area contributed by atoms with Crippen molar-refractivity contribution in [3.8, 4) is 0 Å². The van der Waals surface area contributed by atoms with Crippen molar-refractivity contribution in [2.24, 2.45) is 35.5 Å². The van der Waals surface area contributed by atoms with Crippen LogP contribution < -0.4 is 0 Å². The summed E-state index contributed by atoms with van der Waals surface area (Å²) in [7, 11) is 13.0. The van der Waals surface area contributed by atoms with Crippen LogP contribution in [0.15, 0.2) is 0 Å². The molecule has 4 bridgehead atoms. The molecule has 0 aliphatic carbocycles. The number of hydrogen-bond acceptors (Lipinski definition) is 6. The fraction of sp³-hybridized carbons (Fsp3) is 1.00. The van der Waals surface area contributed by atoms with Crippen molar-refractivity contribution < 1.29 is 0 Å². The molecule has 3 rings (SSSR count). The molecule has 3 aliphatic rings.